The molecule has 2 aliphatic heterocycles. The molecular formula is C25H32ClN3O4. The Bertz CT molecular complexity index is 992. The van der Waals surface area contributed by atoms with Crippen molar-refractivity contribution in [3.05, 3.63) is 34.9 Å². The van der Waals surface area contributed by atoms with Crippen LogP contribution in [0.4, 0.5) is 0 Å². The quantitative estimate of drug-likeness (QED) is 0.563. The summed E-state index contributed by atoms with van der Waals surface area (Å²) in [6, 6.07) is 6.41. The molecule has 2 saturated carbocycles. The highest BCUT2D eigenvalue weighted by Crippen LogP contribution is 2.66. The van der Waals surface area contributed by atoms with E-state index in [4.69, 9.17) is 11.6 Å². The summed E-state index contributed by atoms with van der Waals surface area (Å²) in [4.78, 5) is 41.1. The second-order valence-corrected chi connectivity index (χ2v) is 11.3. The molecule has 2 aliphatic carbocycles. The smallest absolute Gasteiger partial charge is 0.243 e. The number of nitrogens with one attached hydrogen (secondary N) is 2. The molecule has 2 heterocycles. The van der Waals surface area contributed by atoms with Gasteiger partial charge in [0.2, 0.25) is 17.7 Å². The minimum atomic E-state index is -0.595. The van der Waals surface area contributed by atoms with E-state index in [0.717, 1.165) is 18.4 Å². The Morgan fingerprint density at radius 3 is 2.70 bits per heavy atom. The molecule has 4 aliphatic rings. The van der Waals surface area contributed by atoms with Crippen molar-refractivity contribution < 1.29 is 19.5 Å². The summed E-state index contributed by atoms with van der Waals surface area (Å²) >= 11 is 6.20. The summed E-state index contributed by atoms with van der Waals surface area (Å²) in [5.41, 5.74) is 0.327. The normalized spacial score (nSPS) is 31.5. The van der Waals surface area contributed by atoms with E-state index in [9.17, 15) is 19.5 Å². The number of piperidine rings is 1. The number of carbonyl (C=O) groups excluding carboxylic acids is 3. The number of fused-ring (bicyclic) bond motifs is 1. The molecule has 178 valence electrons. The van der Waals surface area contributed by atoms with Crippen molar-refractivity contribution in [3.63, 3.8) is 0 Å². The van der Waals surface area contributed by atoms with Crippen molar-refractivity contribution in [3.8, 4) is 0 Å². The second kappa shape index (κ2) is 7.98. The fraction of sp³-hybridized carbons (Fsp3) is 0.640. The van der Waals surface area contributed by atoms with Gasteiger partial charge in [0.15, 0.2) is 0 Å². The summed E-state index contributed by atoms with van der Waals surface area (Å²) in [6.45, 7) is 5.28. The molecule has 0 unspecified atom stereocenters. The molecule has 5 atom stereocenters. The van der Waals surface area contributed by atoms with Crippen LogP contribution < -0.4 is 10.6 Å². The predicted octanol–water partition coefficient (Wildman–Crippen LogP) is 1.86. The van der Waals surface area contributed by atoms with E-state index < -0.39 is 17.5 Å². The third-order valence-electron chi connectivity index (χ3n) is 8.57. The number of aliphatic hydroxyl groups excluding tert-OH is 1. The van der Waals surface area contributed by atoms with Crippen LogP contribution in [0.25, 0.3) is 0 Å². The maximum absolute atomic E-state index is 13.8. The number of nitrogens with zero attached hydrogens (tertiary/aromatic N) is 1. The maximum atomic E-state index is 13.8. The van der Waals surface area contributed by atoms with Crippen LogP contribution in [0, 0.1) is 23.2 Å². The monoisotopic (exact) mass is 473 g/mol. The van der Waals surface area contributed by atoms with Crippen molar-refractivity contribution >= 4 is 29.3 Å². The Balaban J connectivity index is 1.35. The number of amides is 3. The lowest BCUT2D eigenvalue weighted by Crippen LogP contribution is -2.55. The number of benzene rings is 1. The van der Waals surface area contributed by atoms with Gasteiger partial charge in [0.05, 0.1) is 18.1 Å². The zero-order valence-corrected chi connectivity index (χ0v) is 19.9. The molecule has 0 spiro atoms. The number of halogens is 1. The van der Waals surface area contributed by atoms with Gasteiger partial charge in [-0.1, -0.05) is 37.6 Å². The van der Waals surface area contributed by atoms with Crippen LogP contribution in [0.15, 0.2) is 24.3 Å². The average molecular weight is 474 g/mol. The van der Waals surface area contributed by atoms with Crippen LogP contribution in [0.5, 0.6) is 0 Å². The molecule has 7 nitrogen and oxygen atoms in total. The lowest BCUT2D eigenvalue weighted by molar-refractivity contribution is -0.142. The molecule has 3 amide bonds. The van der Waals surface area contributed by atoms with Crippen molar-refractivity contribution in [2.75, 3.05) is 19.7 Å². The zero-order chi connectivity index (χ0) is 23.5. The summed E-state index contributed by atoms with van der Waals surface area (Å²) in [7, 11) is 0. The third kappa shape index (κ3) is 3.73. The van der Waals surface area contributed by atoms with E-state index in [1.165, 1.54) is 0 Å². The molecule has 1 aromatic carbocycles. The molecule has 0 radical (unpaired) electrons. The van der Waals surface area contributed by atoms with Crippen LogP contribution in [-0.2, 0) is 19.8 Å². The highest BCUT2D eigenvalue weighted by molar-refractivity contribution is 6.30. The van der Waals surface area contributed by atoms with Gasteiger partial charge in [-0.05, 0) is 60.6 Å². The Morgan fingerprint density at radius 2 is 2.09 bits per heavy atom. The standard InChI is InChI=1S/C25H32ClN3O4/c1-24(2)18-12-29(23(33)25(7-8-25)15-4-3-5-16(26)11-15)20(19(18)24)22(32)28-17(13-30)10-14-6-9-27-21(14)31/h3-5,11,14,17-20,30H,6-10,12-13H2,1-2H3,(H,27,31)(H,28,32)/t14-,17-,18-,19-,20-/m0/s1. The van der Waals surface area contributed by atoms with Crippen molar-refractivity contribution in [2.24, 2.45) is 23.2 Å². The average Bonchev–Trinajstić information content (AvgIpc) is 3.54. The largest absolute Gasteiger partial charge is 0.394 e. The van der Waals surface area contributed by atoms with Gasteiger partial charge in [-0.3, -0.25) is 14.4 Å². The Hall–Kier alpha value is -2.12. The Kier molecular flexibility index (Phi) is 5.48. The first-order valence-corrected chi connectivity index (χ1v) is 12.3. The molecule has 5 rings (SSSR count). The van der Waals surface area contributed by atoms with Gasteiger partial charge < -0.3 is 20.6 Å². The van der Waals surface area contributed by atoms with Crippen LogP contribution in [-0.4, -0.2) is 59.5 Å². The first kappa shape index (κ1) is 22.7. The first-order chi connectivity index (χ1) is 15.7. The first-order valence-electron chi connectivity index (χ1n) is 11.9. The van der Waals surface area contributed by atoms with Gasteiger partial charge in [-0.2, -0.15) is 0 Å². The third-order valence-corrected chi connectivity index (χ3v) is 8.81. The second-order valence-electron chi connectivity index (χ2n) is 10.8. The number of likely N-dealkylation sites (tertiary alicyclic amines) is 1. The number of rotatable bonds is 7. The number of aliphatic hydroxyl groups is 1. The Labute approximate surface area is 199 Å². The van der Waals surface area contributed by atoms with Gasteiger partial charge >= 0.3 is 0 Å². The van der Waals surface area contributed by atoms with Crippen molar-refractivity contribution in [1.82, 2.24) is 15.5 Å². The molecule has 1 aromatic rings. The molecule has 3 N–H and O–H groups in total. The highest BCUT2D eigenvalue weighted by Gasteiger charge is 2.71. The Morgan fingerprint density at radius 1 is 1.33 bits per heavy atom. The van der Waals surface area contributed by atoms with E-state index in [1.807, 2.05) is 18.2 Å². The molecular weight excluding hydrogens is 442 g/mol. The summed E-state index contributed by atoms with van der Waals surface area (Å²) in [5.74, 6) is -0.0527. The van der Waals surface area contributed by atoms with Crippen molar-refractivity contribution in [1.29, 1.82) is 0 Å². The van der Waals surface area contributed by atoms with Crippen LogP contribution in [0.1, 0.15) is 45.1 Å². The fourth-order valence-corrected chi connectivity index (χ4v) is 6.48. The van der Waals surface area contributed by atoms with E-state index in [0.29, 0.717) is 36.9 Å². The molecule has 33 heavy (non-hydrogen) atoms. The van der Waals surface area contributed by atoms with Crippen LogP contribution >= 0.6 is 11.6 Å². The van der Waals surface area contributed by atoms with Crippen LogP contribution in [0.2, 0.25) is 5.02 Å². The molecule has 4 fully saturated rings. The lowest BCUT2D eigenvalue weighted by Gasteiger charge is -2.34. The molecule has 2 saturated heterocycles. The molecule has 0 bridgehead atoms. The predicted molar refractivity (Wildman–Crippen MR) is 123 cm³/mol. The van der Waals surface area contributed by atoms with Gasteiger partial charge in [0, 0.05) is 24.0 Å². The fourth-order valence-electron chi connectivity index (χ4n) is 6.29. The topological polar surface area (TPSA) is 98.7 Å². The number of carbonyl (C=O) groups is 3. The summed E-state index contributed by atoms with van der Waals surface area (Å²) in [6.07, 6.45) is 2.62. The maximum Gasteiger partial charge on any atom is 0.243 e. The summed E-state index contributed by atoms with van der Waals surface area (Å²) < 4.78 is 0. The molecule has 0 aromatic heterocycles. The zero-order valence-electron chi connectivity index (χ0n) is 19.1. The minimum Gasteiger partial charge on any atom is -0.394 e. The van der Waals surface area contributed by atoms with E-state index in [-0.39, 0.29) is 41.6 Å². The van der Waals surface area contributed by atoms with Gasteiger partial charge in [-0.15, -0.1) is 0 Å². The number of hydrogen-bond donors (Lipinski definition) is 3. The minimum absolute atomic E-state index is 0.00337. The van der Waals surface area contributed by atoms with E-state index in [2.05, 4.69) is 24.5 Å². The van der Waals surface area contributed by atoms with Crippen LogP contribution in [0.3, 0.4) is 0 Å². The van der Waals surface area contributed by atoms with E-state index in [1.54, 1.807) is 11.0 Å². The molecule has 8 heteroatoms. The lowest BCUT2D eigenvalue weighted by atomic mass is 9.92. The van der Waals surface area contributed by atoms with Gasteiger partial charge in [-0.25, -0.2) is 0 Å². The summed E-state index contributed by atoms with van der Waals surface area (Å²) in [5, 5.41) is 16.3. The number of hydrogen-bond acceptors (Lipinski definition) is 4. The van der Waals surface area contributed by atoms with E-state index >= 15 is 0 Å². The van der Waals surface area contributed by atoms with Gasteiger partial charge in [0.1, 0.15) is 6.04 Å². The van der Waals surface area contributed by atoms with Crippen molar-refractivity contribution in [2.45, 2.75) is 57.0 Å². The SMILES string of the molecule is CC1(C)[C@@H]2[C@@H](C(=O)N[C@H](CO)C[C@@H]3CCNC3=O)N(C(=O)C3(c4cccc(Cl)c4)CC3)C[C@@H]21. The van der Waals surface area contributed by atoms with Gasteiger partial charge in [0.25, 0.3) is 0 Å². The highest BCUT2D eigenvalue weighted by atomic mass is 35.5.